The summed E-state index contributed by atoms with van der Waals surface area (Å²) in [4.78, 5) is 10.2. The fraction of sp³-hybridized carbons (Fsp3) is 0.667. The van der Waals surface area contributed by atoms with E-state index in [1.165, 1.54) is 12.8 Å². The molecule has 4 nitrogen and oxygen atoms in total. The number of rotatable bonds is 2. The van der Waals surface area contributed by atoms with E-state index in [0.717, 1.165) is 25.8 Å². The molecule has 0 bridgehead atoms. The van der Waals surface area contributed by atoms with Gasteiger partial charge in [0, 0.05) is 12.6 Å². The molecule has 1 aliphatic rings. The number of nitrogens with zero attached hydrogens (tertiary/aromatic N) is 3. The Labute approximate surface area is 117 Å². The maximum atomic E-state index is 9.53. The van der Waals surface area contributed by atoms with Crippen molar-refractivity contribution in [2.24, 2.45) is 0 Å². The normalized spacial score (nSPS) is 21.5. The zero-order valence-corrected chi connectivity index (χ0v) is 11.7. The Bertz CT molecular complexity index is 383. The van der Waals surface area contributed by atoms with Gasteiger partial charge in [0.25, 0.3) is 0 Å². The predicted molar refractivity (Wildman–Crippen MR) is 73.4 cm³/mol. The van der Waals surface area contributed by atoms with Crippen LogP contribution < -0.4 is 4.90 Å². The Morgan fingerprint density at radius 2 is 2.00 bits per heavy atom. The van der Waals surface area contributed by atoms with Crippen LogP contribution in [0.25, 0.3) is 0 Å². The van der Waals surface area contributed by atoms with E-state index in [1.807, 2.05) is 0 Å². The van der Waals surface area contributed by atoms with Crippen molar-refractivity contribution in [2.75, 3.05) is 18.1 Å². The average molecular weight is 290 g/mol. The van der Waals surface area contributed by atoms with Gasteiger partial charge < -0.3 is 10.0 Å². The standard InChI is InChI=1S/C12H17Cl2N3O/c13-10-7-11(16-12(14)15-10)17-6-4-2-1-3-5-9(17)8-18/h7,9,18H,1-6,8H2. The number of anilines is 1. The Balaban J connectivity index is 2.25. The lowest BCUT2D eigenvalue weighted by Crippen LogP contribution is -2.40. The summed E-state index contributed by atoms with van der Waals surface area (Å²) in [7, 11) is 0. The topological polar surface area (TPSA) is 49.2 Å². The Hall–Kier alpha value is -0.580. The third kappa shape index (κ3) is 3.46. The molecule has 6 heteroatoms. The van der Waals surface area contributed by atoms with E-state index >= 15 is 0 Å². The Morgan fingerprint density at radius 1 is 1.22 bits per heavy atom. The molecule has 1 atom stereocenters. The lowest BCUT2D eigenvalue weighted by Gasteiger charge is -2.33. The molecular weight excluding hydrogens is 273 g/mol. The first-order chi connectivity index (χ1) is 8.70. The second-order valence-corrected chi connectivity index (χ2v) is 5.28. The van der Waals surface area contributed by atoms with Gasteiger partial charge in [0.2, 0.25) is 5.28 Å². The number of halogens is 2. The number of aliphatic hydroxyl groups excluding tert-OH is 1. The van der Waals surface area contributed by atoms with E-state index in [4.69, 9.17) is 23.2 Å². The highest BCUT2D eigenvalue weighted by atomic mass is 35.5. The molecule has 0 aliphatic carbocycles. The van der Waals surface area contributed by atoms with Crippen LogP contribution in [0.2, 0.25) is 10.4 Å². The number of hydrogen-bond acceptors (Lipinski definition) is 4. The van der Waals surface area contributed by atoms with Gasteiger partial charge in [-0.3, -0.25) is 0 Å². The van der Waals surface area contributed by atoms with E-state index in [0.29, 0.717) is 11.0 Å². The van der Waals surface area contributed by atoms with E-state index in [9.17, 15) is 5.11 Å². The van der Waals surface area contributed by atoms with Gasteiger partial charge in [-0.15, -0.1) is 0 Å². The summed E-state index contributed by atoms with van der Waals surface area (Å²) in [6.07, 6.45) is 5.64. The third-order valence-corrected chi connectivity index (χ3v) is 3.65. The van der Waals surface area contributed by atoms with Crippen LogP contribution in [0.3, 0.4) is 0 Å². The first-order valence-electron chi connectivity index (χ1n) is 6.28. The molecule has 2 heterocycles. The molecule has 1 fully saturated rings. The molecule has 1 aliphatic heterocycles. The predicted octanol–water partition coefficient (Wildman–Crippen LogP) is 2.91. The van der Waals surface area contributed by atoms with E-state index in [1.54, 1.807) is 6.07 Å². The van der Waals surface area contributed by atoms with E-state index in [2.05, 4.69) is 14.9 Å². The van der Waals surface area contributed by atoms with Crippen LogP contribution in [-0.4, -0.2) is 34.3 Å². The molecule has 1 unspecified atom stereocenters. The maximum Gasteiger partial charge on any atom is 0.225 e. The van der Waals surface area contributed by atoms with Crippen molar-refractivity contribution >= 4 is 29.0 Å². The van der Waals surface area contributed by atoms with Gasteiger partial charge in [-0.1, -0.05) is 30.9 Å². The monoisotopic (exact) mass is 289 g/mol. The minimum Gasteiger partial charge on any atom is -0.394 e. The Morgan fingerprint density at radius 3 is 2.72 bits per heavy atom. The van der Waals surface area contributed by atoms with Crippen LogP contribution in [0.4, 0.5) is 5.82 Å². The second kappa shape index (κ2) is 6.55. The van der Waals surface area contributed by atoms with Crippen LogP contribution >= 0.6 is 23.2 Å². The largest absolute Gasteiger partial charge is 0.394 e. The van der Waals surface area contributed by atoms with Crippen molar-refractivity contribution < 1.29 is 5.11 Å². The highest BCUT2D eigenvalue weighted by Crippen LogP contribution is 2.24. The van der Waals surface area contributed by atoms with E-state index in [-0.39, 0.29) is 17.9 Å². The first kappa shape index (κ1) is 13.8. The minimum atomic E-state index is 0.0901. The van der Waals surface area contributed by atoms with Gasteiger partial charge in [-0.05, 0) is 24.4 Å². The van der Waals surface area contributed by atoms with E-state index < -0.39 is 0 Å². The molecule has 18 heavy (non-hydrogen) atoms. The van der Waals surface area contributed by atoms with Crippen LogP contribution in [-0.2, 0) is 0 Å². The van der Waals surface area contributed by atoms with Crippen LogP contribution in [0.15, 0.2) is 6.07 Å². The average Bonchev–Trinajstić information content (AvgIpc) is 2.27. The molecule has 1 aromatic rings. The molecular formula is C12H17Cl2N3O. The smallest absolute Gasteiger partial charge is 0.225 e. The zero-order chi connectivity index (χ0) is 13.0. The van der Waals surface area contributed by atoms with Crippen molar-refractivity contribution in [2.45, 2.75) is 38.1 Å². The SMILES string of the molecule is OCC1CCCCCCN1c1cc(Cl)nc(Cl)n1. The summed E-state index contributed by atoms with van der Waals surface area (Å²) in [5, 5.41) is 10.0. The highest BCUT2D eigenvalue weighted by molar-refractivity contribution is 6.32. The van der Waals surface area contributed by atoms with Crippen molar-refractivity contribution in [1.29, 1.82) is 0 Å². The lowest BCUT2D eigenvalue weighted by molar-refractivity contribution is 0.245. The van der Waals surface area contributed by atoms with Gasteiger partial charge in [-0.25, -0.2) is 9.97 Å². The quantitative estimate of drug-likeness (QED) is 0.672. The van der Waals surface area contributed by atoms with Gasteiger partial charge in [0.15, 0.2) is 0 Å². The second-order valence-electron chi connectivity index (χ2n) is 4.55. The highest BCUT2D eigenvalue weighted by Gasteiger charge is 2.21. The number of hydrogen-bond donors (Lipinski definition) is 1. The summed E-state index contributed by atoms with van der Waals surface area (Å²) in [6.45, 7) is 0.994. The molecule has 0 amide bonds. The van der Waals surface area contributed by atoms with Gasteiger partial charge >= 0.3 is 0 Å². The summed E-state index contributed by atoms with van der Waals surface area (Å²) in [6, 6.07) is 1.80. The molecule has 1 N–H and O–H groups in total. The fourth-order valence-corrected chi connectivity index (χ4v) is 2.77. The summed E-state index contributed by atoms with van der Waals surface area (Å²) >= 11 is 11.7. The van der Waals surface area contributed by atoms with Crippen molar-refractivity contribution in [3.63, 3.8) is 0 Å². The molecule has 0 radical (unpaired) electrons. The minimum absolute atomic E-state index is 0.0901. The molecule has 1 saturated heterocycles. The number of aliphatic hydroxyl groups is 1. The van der Waals surface area contributed by atoms with Crippen molar-refractivity contribution in [3.05, 3.63) is 16.5 Å². The van der Waals surface area contributed by atoms with Crippen molar-refractivity contribution in [3.8, 4) is 0 Å². The van der Waals surface area contributed by atoms with Gasteiger partial charge in [0.05, 0.1) is 12.6 Å². The van der Waals surface area contributed by atoms with Gasteiger partial charge in [-0.2, -0.15) is 0 Å². The molecule has 2 rings (SSSR count). The van der Waals surface area contributed by atoms with Crippen LogP contribution in [0.1, 0.15) is 32.1 Å². The molecule has 0 spiro atoms. The third-order valence-electron chi connectivity index (χ3n) is 3.29. The lowest BCUT2D eigenvalue weighted by atomic mass is 10.0. The summed E-state index contributed by atoms with van der Waals surface area (Å²) in [5.41, 5.74) is 0. The zero-order valence-electron chi connectivity index (χ0n) is 10.1. The molecule has 100 valence electrons. The summed E-state index contributed by atoms with van der Waals surface area (Å²) in [5.74, 6) is 0.709. The van der Waals surface area contributed by atoms with Crippen LogP contribution in [0.5, 0.6) is 0 Å². The van der Waals surface area contributed by atoms with Gasteiger partial charge in [0.1, 0.15) is 11.0 Å². The van der Waals surface area contributed by atoms with Crippen LogP contribution in [0, 0.1) is 0 Å². The summed E-state index contributed by atoms with van der Waals surface area (Å²) < 4.78 is 0. The Kier molecular flexibility index (Phi) is 5.03. The molecule has 0 aromatic carbocycles. The first-order valence-corrected chi connectivity index (χ1v) is 7.04. The fourth-order valence-electron chi connectivity index (χ4n) is 2.37. The number of aromatic nitrogens is 2. The van der Waals surface area contributed by atoms with Crippen molar-refractivity contribution in [1.82, 2.24) is 9.97 Å². The molecule has 1 aromatic heterocycles. The maximum absolute atomic E-state index is 9.53. The molecule has 0 saturated carbocycles.